The number of benzene rings is 1. The lowest BCUT2D eigenvalue weighted by atomic mass is 9.96. The Morgan fingerprint density at radius 3 is 2.88 bits per heavy atom. The molecule has 1 aliphatic carbocycles. The Labute approximate surface area is 122 Å². The Kier molecular flexibility index (Phi) is 4.88. The minimum Gasteiger partial charge on any atom is -0.321 e. The van der Waals surface area contributed by atoms with Gasteiger partial charge >= 0.3 is 0 Å². The van der Waals surface area contributed by atoms with Gasteiger partial charge in [0.05, 0.1) is 6.04 Å². The first-order valence-electron chi connectivity index (χ1n) is 6.08. The highest BCUT2D eigenvalue weighted by atomic mass is 127. The van der Waals surface area contributed by atoms with E-state index in [1.54, 1.807) is 0 Å². The Morgan fingerprint density at radius 2 is 2.06 bits per heavy atom. The van der Waals surface area contributed by atoms with Crippen molar-refractivity contribution in [2.45, 2.75) is 38.1 Å². The zero-order chi connectivity index (χ0) is 12.3. The van der Waals surface area contributed by atoms with E-state index >= 15 is 0 Å². The van der Waals surface area contributed by atoms with Crippen LogP contribution in [0.4, 0.5) is 0 Å². The Morgan fingerprint density at radius 1 is 1.24 bits per heavy atom. The predicted octanol–water partition coefficient (Wildman–Crippen LogP) is 4.83. The molecule has 0 radical (unpaired) electrons. The summed E-state index contributed by atoms with van der Waals surface area (Å²) in [5.41, 5.74) is 8.91. The van der Waals surface area contributed by atoms with Crippen molar-refractivity contribution < 1.29 is 0 Å². The van der Waals surface area contributed by atoms with Crippen LogP contribution in [0.3, 0.4) is 0 Å². The van der Waals surface area contributed by atoms with Crippen molar-refractivity contribution in [3.05, 3.63) is 44.0 Å². The lowest BCUT2D eigenvalue weighted by Gasteiger charge is -2.17. The van der Waals surface area contributed by atoms with Gasteiger partial charge in [0.15, 0.2) is 0 Å². The van der Waals surface area contributed by atoms with Gasteiger partial charge in [0.1, 0.15) is 0 Å². The molecule has 1 aromatic carbocycles. The van der Waals surface area contributed by atoms with Crippen molar-refractivity contribution in [3.8, 4) is 0 Å². The first kappa shape index (κ1) is 13.4. The second-order valence-corrected chi connectivity index (χ2v) is 6.12. The smallest absolute Gasteiger partial charge is 0.0522 e. The molecule has 0 bridgehead atoms. The highest BCUT2D eigenvalue weighted by Crippen LogP contribution is 2.31. The van der Waals surface area contributed by atoms with Crippen LogP contribution in [0.25, 0.3) is 0 Å². The third kappa shape index (κ3) is 3.46. The Hall–Kier alpha value is -0.0600. The van der Waals surface area contributed by atoms with Crippen LogP contribution < -0.4 is 5.73 Å². The van der Waals surface area contributed by atoms with Crippen molar-refractivity contribution in [1.29, 1.82) is 0 Å². The van der Waals surface area contributed by atoms with Crippen molar-refractivity contribution in [2.75, 3.05) is 0 Å². The summed E-state index contributed by atoms with van der Waals surface area (Å²) in [7, 11) is 0. The van der Waals surface area contributed by atoms with Crippen molar-refractivity contribution in [1.82, 2.24) is 0 Å². The molecule has 0 aliphatic heterocycles. The molecule has 0 spiro atoms. The fraction of sp³-hybridized carbons (Fsp3) is 0.429. The highest BCUT2D eigenvalue weighted by molar-refractivity contribution is 14.1. The van der Waals surface area contributed by atoms with Crippen molar-refractivity contribution in [2.24, 2.45) is 5.73 Å². The molecule has 2 rings (SSSR count). The van der Waals surface area contributed by atoms with Gasteiger partial charge in [-0.25, -0.2) is 0 Å². The molecule has 0 aromatic heterocycles. The highest BCUT2D eigenvalue weighted by Gasteiger charge is 2.16. The molecule has 0 heterocycles. The van der Waals surface area contributed by atoms with Crippen molar-refractivity contribution >= 4 is 34.2 Å². The molecule has 0 saturated carbocycles. The van der Waals surface area contributed by atoms with Crippen molar-refractivity contribution in [3.63, 3.8) is 0 Å². The topological polar surface area (TPSA) is 26.0 Å². The molecule has 17 heavy (non-hydrogen) atoms. The van der Waals surface area contributed by atoms with Crippen LogP contribution in [0.5, 0.6) is 0 Å². The maximum atomic E-state index is 6.38. The normalized spacial score (nSPS) is 18.4. The van der Waals surface area contributed by atoms with E-state index in [1.165, 1.54) is 34.8 Å². The summed E-state index contributed by atoms with van der Waals surface area (Å²) in [5.74, 6) is 0. The molecule has 0 amide bonds. The SMILES string of the molecule is NC(C1=CCCCCC1)c1cc(Cl)ccc1I. The average Bonchev–Trinajstić information content (AvgIpc) is 2.60. The van der Waals surface area contributed by atoms with Gasteiger partial charge in [0, 0.05) is 8.59 Å². The largest absolute Gasteiger partial charge is 0.321 e. The molecule has 1 nitrogen and oxygen atoms in total. The van der Waals surface area contributed by atoms with Gasteiger partial charge in [-0.3, -0.25) is 0 Å². The van der Waals surface area contributed by atoms with E-state index in [2.05, 4.69) is 28.7 Å². The minimum atomic E-state index is 0.0127. The third-order valence-electron chi connectivity index (χ3n) is 3.27. The molecule has 1 unspecified atom stereocenters. The first-order valence-corrected chi connectivity index (χ1v) is 7.53. The van der Waals surface area contributed by atoms with Gasteiger partial charge in [0.25, 0.3) is 0 Å². The number of halogens is 2. The molecule has 0 fully saturated rings. The summed E-state index contributed by atoms with van der Waals surface area (Å²) in [6.07, 6.45) is 8.50. The Balaban J connectivity index is 2.26. The van der Waals surface area contributed by atoms with Gasteiger partial charge in [-0.05, 0) is 72.0 Å². The molecule has 1 aliphatic rings. The fourth-order valence-corrected chi connectivity index (χ4v) is 3.13. The lowest BCUT2D eigenvalue weighted by molar-refractivity contribution is 0.687. The minimum absolute atomic E-state index is 0.0127. The quantitative estimate of drug-likeness (QED) is 0.592. The summed E-state index contributed by atoms with van der Waals surface area (Å²) in [4.78, 5) is 0. The lowest BCUT2D eigenvalue weighted by Crippen LogP contribution is -2.14. The van der Waals surface area contributed by atoms with Crippen LogP contribution in [-0.4, -0.2) is 0 Å². The second-order valence-electron chi connectivity index (χ2n) is 4.52. The zero-order valence-corrected chi connectivity index (χ0v) is 12.7. The van der Waals surface area contributed by atoms with Crippen LogP contribution >= 0.6 is 34.2 Å². The van der Waals surface area contributed by atoms with E-state index < -0.39 is 0 Å². The Bertz CT molecular complexity index is 428. The molecule has 3 heteroatoms. The van der Waals surface area contributed by atoms with Crippen LogP contribution in [0.1, 0.15) is 43.7 Å². The van der Waals surface area contributed by atoms with E-state index in [9.17, 15) is 0 Å². The van der Waals surface area contributed by atoms with Gasteiger partial charge < -0.3 is 5.73 Å². The molecule has 2 N–H and O–H groups in total. The fourth-order valence-electron chi connectivity index (χ4n) is 2.27. The van der Waals surface area contributed by atoms with E-state index in [4.69, 9.17) is 17.3 Å². The van der Waals surface area contributed by atoms with E-state index in [1.807, 2.05) is 18.2 Å². The number of hydrogen-bond acceptors (Lipinski definition) is 1. The molecular weight excluding hydrogens is 345 g/mol. The molecule has 0 saturated heterocycles. The summed E-state index contributed by atoms with van der Waals surface area (Å²) >= 11 is 8.39. The van der Waals surface area contributed by atoms with Crippen LogP contribution in [0.15, 0.2) is 29.8 Å². The summed E-state index contributed by atoms with van der Waals surface area (Å²) in [5, 5.41) is 0.769. The molecular formula is C14H17ClIN. The van der Waals surface area contributed by atoms with Crippen LogP contribution in [0.2, 0.25) is 5.02 Å². The predicted molar refractivity (Wildman–Crippen MR) is 82.3 cm³/mol. The van der Waals surface area contributed by atoms with E-state index in [0.29, 0.717) is 0 Å². The maximum absolute atomic E-state index is 6.38. The van der Waals surface area contributed by atoms with Crippen LogP contribution in [0, 0.1) is 3.57 Å². The van der Waals surface area contributed by atoms with Gasteiger partial charge in [-0.15, -0.1) is 0 Å². The maximum Gasteiger partial charge on any atom is 0.0522 e. The summed E-state index contributed by atoms with van der Waals surface area (Å²) < 4.78 is 1.20. The molecule has 1 aromatic rings. The van der Waals surface area contributed by atoms with Crippen LogP contribution in [-0.2, 0) is 0 Å². The number of hydrogen-bond donors (Lipinski definition) is 1. The van der Waals surface area contributed by atoms with Gasteiger partial charge in [-0.2, -0.15) is 0 Å². The standard InChI is InChI=1S/C14H17ClIN/c15-11-7-8-13(16)12(9-11)14(17)10-5-3-1-2-4-6-10/h5,7-9,14H,1-4,6,17H2. The first-order chi connectivity index (χ1) is 8.18. The molecule has 1 atom stereocenters. The van der Waals surface area contributed by atoms with Gasteiger partial charge in [0.2, 0.25) is 0 Å². The molecule has 92 valence electrons. The summed E-state index contributed by atoms with van der Waals surface area (Å²) in [6, 6.07) is 5.97. The van der Waals surface area contributed by atoms with E-state index in [0.717, 1.165) is 17.0 Å². The third-order valence-corrected chi connectivity index (χ3v) is 4.49. The monoisotopic (exact) mass is 361 g/mol. The second kappa shape index (κ2) is 6.21. The number of allylic oxidation sites excluding steroid dienone is 1. The zero-order valence-electron chi connectivity index (χ0n) is 9.76. The number of nitrogens with two attached hydrogens (primary N) is 1. The van der Waals surface area contributed by atoms with Gasteiger partial charge in [-0.1, -0.05) is 29.7 Å². The number of rotatable bonds is 2. The average molecular weight is 362 g/mol. The summed E-state index contributed by atoms with van der Waals surface area (Å²) in [6.45, 7) is 0. The van der Waals surface area contributed by atoms with E-state index in [-0.39, 0.29) is 6.04 Å².